The molecule has 4 heteroatoms. The summed E-state index contributed by atoms with van der Waals surface area (Å²) in [7, 11) is 0. The smallest absolute Gasteiger partial charge is 0.303 e. The summed E-state index contributed by atoms with van der Waals surface area (Å²) in [6, 6.07) is 0. The molecule has 0 atom stereocenters. The van der Waals surface area contributed by atoms with Crippen LogP contribution in [0.1, 0.15) is 97.3 Å². The highest BCUT2D eigenvalue weighted by Gasteiger charge is 2.00. The molecule has 0 radical (unpaired) electrons. The minimum absolute atomic E-state index is 0.296. The predicted molar refractivity (Wildman–Crippen MR) is 95.8 cm³/mol. The number of carbonyl (C=O) groups is 2. The summed E-state index contributed by atoms with van der Waals surface area (Å²) in [5, 5.41) is 15.8. The molecule has 0 aliphatic rings. The van der Waals surface area contributed by atoms with Gasteiger partial charge in [-0.05, 0) is 19.8 Å². The third-order valence-electron chi connectivity index (χ3n) is 3.51. The van der Waals surface area contributed by atoms with Gasteiger partial charge < -0.3 is 10.2 Å². The summed E-state index contributed by atoms with van der Waals surface area (Å²) in [5.41, 5.74) is 0. The van der Waals surface area contributed by atoms with Gasteiger partial charge in [0, 0.05) is 0 Å². The first kappa shape index (κ1) is 23.9. The zero-order valence-electron chi connectivity index (χ0n) is 15.1. The third kappa shape index (κ3) is 29.4. The predicted octanol–water partition coefficient (Wildman–Crippen LogP) is 5.81. The average Bonchev–Trinajstić information content (AvgIpc) is 2.51. The Morgan fingerprint density at radius 3 is 1.48 bits per heavy atom. The first-order valence-corrected chi connectivity index (χ1v) is 9.09. The van der Waals surface area contributed by atoms with Gasteiger partial charge in [0.1, 0.15) is 0 Å². The molecular weight excluding hydrogens is 292 g/mol. The molecule has 0 aromatic heterocycles. The van der Waals surface area contributed by atoms with E-state index in [2.05, 4.69) is 26.0 Å². The molecule has 4 nitrogen and oxygen atoms in total. The van der Waals surface area contributed by atoms with Crippen molar-refractivity contribution in [3.8, 4) is 0 Å². The summed E-state index contributed by atoms with van der Waals surface area (Å²) in [6.45, 7) is 4.39. The Morgan fingerprint density at radius 2 is 1.13 bits per heavy atom. The molecule has 0 aromatic carbocycles. The molecule has 0 fully saturated rings. The van der Waals surface area contributed by atoms with Crippen LogP contribution in [0.3, 0.4) is 0 Å². The highest BCUT2D eigenvalue weighted by Crippen LogP contribution is 2.11. The number of carboxylic acid groups (broad SMARTS) is 2. The van der Waals surface area contributed by atoms with Crippen LogP contribution in [-0.4, -0.2) is 22.2 Å². The van der Waals surface area contributed by atoms with Crippen molar-refractivity contribution in [3.63, 3.8) is 0 Å². The Balaban J connectivity index is 0. The molecule has 0 saturated carbocycles. The standard InChI is InChI=1S/C15H30.C4H6O4/c1-3-5-7-9-11-13-15-14-12-10-8-6-4-2;5-3(6)1-2-4(7)8/h3,5H,4,6-15H2,1-2H3;1-2H2,(H,5,6)(H,7,8). The van der Waals surface area contributed by atoms with E-state index < -0.39 is 11.9 Å². The lowest BCUT2D eigenvalue weighted by Gasteiger charge is -2.01. The highest BCUT2D eigenvalue weighted by molar-refractivity contribution is 5.75. The molecule has 0 bridgehead atoms. The van der Waals surface area contributed by atoms with Crippen LogP contribution in [0, 0.1) is 0 Å². The van der Waals surface area contributed by atoms with Gasteiger partial charge >= 0.3 is 11.9 Å². The first-order valence-electron chi connectivity index (χ1n) is 9.09. The van der Waals surface area contributed by atoms with E-state index in [-0.39, 0.29) is 12.8 Å². The second-order valence-corrected chi connectivity index (χ2v) is 5.83. The SMILES string of the molecule is CC=CCCCCCCCCCCCC.O=C(O)CCC(=O)O. The number of unbranched alkanes of at least 4 members (excludes halogenated alkanes) is 10. The van der Waals surface area contributed by atoms with Crippen molar-refractivity contribution in [2.75, 3.05) is 0 Å². The van der Waals surface area contributed by atoms with Crippen molar-refractivity contribution >= 4 is 11.9 Å². The van der Waals surface area contributed by atoms with Crippen LogP contribution in [0.2, 0.25) is 0 Å². The van der Waals surface area contributed by atoms with E-state index >= 15 is 0 Å². The summed E-state index contributed by atoms with van der Waals surface area (Å²) in [6.07, 6.45) is 19.5. The molecule has 0 aliphatic heterocycles. The number of hydrogen-bond donors (Lipinski definition) is 2. The van der Waals surface area contributed by atoms with Gasteiger partial charge in [-0.1, -0.05) is 76.9 Å². The quantitative estimate of drug-likeness (QED) is 0.312. The van der Waals surface area contributed by atoms with Gasteiger partial charge in [-0.2, -0.15) is 0 Å². The van der Waals surface area contributed by atoms with Crippen molar-refractivity contribution in [1.29, 1.82) is 0 Å². The van der Waals surface area contributed by atoms with Crippen molar-refractivity contribution in [3.05, 3.63) is 12.2 Å². The van der Waals surface area contributed by atoms with Crippen LogP contribution >= 0.6 is 0 Å². The van der Waals surface area contributed by atoms with Crippen molar-refractivity contribution in [2.24, 2.45) is 0 Å². The van der Waals surface area contributed by atoms with E-state index in [4.69, 9.17) is 10.2 Å². The Morgan fingerprint density at radius 1 is 0.739 bits per heavy atom. The van der Waals surface area contributed by atoms with Crippen LogP contribution in [0.5, 0.6) is 0 Å². The summed E-state index contributed by atoms with van der Waals surface area (Å²) in [4.78, 5) is 19.3. The summed E-state index contributed by atoms with van der Waals surface area (Å²) < 4.78 is 0. The largest absolute Gasteiger partial charge is 0.481 e. The average molecular weight is 328 g/mol. The van der Waals surface area contributed by atoms with Crippen molar-refractivity contribution < 1.29 is 19.8 Å². The van der Waals surface area contributed by atoms with Crippen LogP contribution < -0.4 is 0 Å². The summed E-state index contributed by atoms with van der Waals surface area (Å²) in [5.74, 6) is -2.15. The number of carboxylic acids is 2. The molecule has 0 aromatic rings. The van der Waals surface area contributed by atoms with Gasteiger partial charge in [0.25, 0.3) is 0 Å². The normalized spacial score (nSPS) is 10.3. The summed E-state index contributed by atoms with van der Waals surface area (Å²) >= 11 is 0. The Labute approximate surface area is 142 Å². The number of aliphatic carboxylic acids is 2. The maximum Gasteiger partial charge on any atom is 0.303 e. The zero-order chi connectivity index (χ0) is 17.8. The lowest BCUT2D eigenvalue weighted by molar-refractivity contribution is -0.143. The van der Waals surface area contributed by atoms with Gasteiger partial charge in [-0.15, -0.1) is 0 Å². The maximum absolute atomic E-state index is 9.64. The van der Waals surface area contributed by atoms with Crippen LogP contribution in [0.15, 0.2) is 12.2 Å². The first-order chi connectivity index (χ1) is 11.0. The lowest BCUT2D eigenvalue weighted by atomic mass is 10.1. The van der Waals surface area contributed by atoms with Gasteiger partial charge in [0.2, 0.25) is 0 Å². The fourth-order valence-corrected chi connectivity index (χ4v) is 2.13. The van der Waals surface area contributed by atoms with E-state index in [1.807, 2.05) is 0 Å². The second-order valence-electron chi connectivity index (χ2n) is 5.83. The van der Waals surface area contributed by atoms with E-state index in [0.717, 1.165) is 0 Å². The zero-order valence-corrected chi connectivity index (χ0v) is 15.1. The Kier molecular flexibility index (Phi) is 21.5. The Bertz CT molecular complexity index is 284. The molecule has 0 aliphatic carbocycles. The monoisotopic (exact) mass is 328 g/mol. The molecule has 23 heavy (non-hydrogen) atoms. The molecule has 2 N–H and O–H groups in total. The van der Waals surface area contributed by atoms with Gasteiger partial charge in [-0.3, -0.25) is 9.59 Å². The van der Waals surface area contributed by atoms with Crippen LogP contribution in [0.4, 0.5) is 0 Å². The Hall–Kier alpha value is -1.32. The molecular formula is C19H36O4. The minimum Gasteiger partial charge on any atom is -0.481 e. The molecule has 0 spiro atoms. The van der Waals surface area contributed by atoms with Crippen molar-refractivity contribution in [1.82, 2.24) is 0 Å². The van der Waals surface area contributed by atoms with Gasteiger partial charge in [0.05, 0.1) is 12.8 Å². The van der Waals surface area contributed by atoms with E-state index in [0.29, 0.717) is 0 Å². The molecule has 0 rings (SSSR count). The molecule has 0 unspecified atom stereocenters. The highest BCUT2D eigenvalue weighted by atomic mass is 16.4. The van der Waals surface area contributed by atoms with E-state index in [1.54, 1.807) is 0 Å². The van der Waals surface area contributed by atoms with E-state index in [9.17, 15) is 9.59 Å². The maximum atomic E-state index is 9.64. The number of hydrogen-bond acceptors (Lipinski definition) is 2. The minimum atomic E-state index is -1.08. The fourth-order valence-electron chi connectivity index (χ4n) is 2.13. The topological polar surface area (TPSA) is 74.6 Å². The number of rotatable bonds is 14. The van der Waals surface area contributed by atoms with Crippen LogP contribution in [0.25, 0.3) is 0 Å². The van der Waals surface area contributed by atoms with Gasteiger partial charge in [0.15, 0.2) is 0 Å². The van der Waals surface area contributed by atoms with Crippen molar-refractivity contribution in [2.45, 2.75) is 97.3 Å². The van der Waals surface area contributed by atoms with E-state index in [1.165, 1.54) is 70.6 Å². The third-order valence-corrected chi connectivity index (χ3v) is 3.51. The van der Waals surface area contributed by atoms with Crippen LogP contribution in [-0.2, 0) is 9.59 Å². The molecule has 0 amide bonds. The molecule has 136 valence electrons. The molecule has 0 saturated heterocycles. The fraction of sp³-hybridized carbons (Fsp3) is 0.789. The molecule has 0 heterocycles. The lowest BCUT2D eigenvalue weighted by Crippen LogP contribution is -2.00. The second kappa shape index (κ2) is 20.7. The van der Waals surface area contributed by atoms with Gasteiger partial charge in [-0.25, -0.2) is 0 Å². The number of allylic oxidation sites excluding steroid dienone is 2.